The highest BCUT2D eigenvalue weighted by Crippen LogP contribution is 2.25. The first kappa shape index (κ1) is 23.6. The highest BCUT2D eigenvalue weighted by atomic mass is 35.5. The van der Waals surface area contributed by atoms with Crippen LogP contribution in [0.3, 0.4) is 0 Å². The molecule has 2 aromatic rings. The molecule has 2 amide bonds. The highest BCUT2D eigenvalue weighted by molar-refractivity contribution is 7.99. The zero-order valence-corrected chi connectivity index (χ0v) is 19.2. The van der Waals surface area contributed by atoms with Crippen LogP contribution >= 0.6 is 35.0 Å². The molecule has 0 saturated heterocycles. The smallest absolute Gasteiger partial charge is 0.242 e. The Labute approximate surface area is 187 Å². The van der Waals surface area contributed by atoms with Gasteiger partial charge in [0.2, 0.25) is 11.8 Å². The number of rotatable bonds is 9. The van der Waals surface area contributed by atoms with Crippen LogP contribution in [0.15, 0.2) is 42.5 Å². The van der Waals surface area contributed by atoms with Gasteiger partial charge >= 0.3 is 0 Å². The summed E-state index contributed by atoms with van der Waals surface area (Å²) in [5.74, 6) is 0.629. The molecule has 2 rings (SSSR count). The summed E-state index contributed by atoms with van der Waals surface area (Å²) in [5, 5.41) is 3.84. The summed E-state index contributed by atoms with van der Waals surface area (Å²) >= 11 is 13.6. The van der Waals surface area contributed by atoms with Gasteiger partial charge < -0.3 is 10.2 Å². The van der Waals surface area contributed by atoms with E-state index in [1.807, 2.05) is 44.2 Å². The minimum atomic E-state index is -0.506. The van der Waals surface area contributed by atoms with Gasteiger partial charge in [-0.1, -0.05) is 66.0 Å². The maximum absolute atomic E-state index is 13.0. The lowest BCUT2D eigenvalue weighted by atomic mass is 10.1. The summed E-state index contributed by atoms with van der Waals surface area (Å²) in [6.07, 6.45) is 0.547. The van der Waals surface area contributed by atoms with Gasteiger partial charge in [-0.3, -0.25) is 9.59 Å². The fourth-order valence-corrected chi connectivity index (χ4v) is 4.41. The SMILES string of the molecule is CC[C@H](C(=O)NC)N(Cc1ccc(C)cc1)C(=O)CSCc1ccc(Cl)cc1Cl. The van der Waals surface area contributed by atoms with E-state index >= 15 is 0 Å². The number of nitrogens with zero attached hydrogens (tertiary/aromatic N) is 1. The Morgan fingerprint density at radius 2 is 1.83 bits per heavy atom. The number of benzene rings is 2. The van der Waals surface area contributed by atoms with Gasteiger partial charge in [-0.15, -0.1) is 11.8 Å². The number of nitrogens with one attached hydrogen (secondary N) is 1. The van der Waals surface area contributed by atoms with Crippen LogP contribution in [0.4, 0.5) is 0 Å². The summed E-state index contributed by atoms with van der Waals surface area (Å²) < 4.78 is 0. The predicted molar refractivity (Wildman–Crippen MR) is 122 cm³/mol. The van der Waals surface area contributed by atoms with Crippen molar-refractivity contribution in [2.75, 3.05) is 12.8 Å². The maximum atomic E-state index is 13.0. The second kappa shape index (κ2) is 11.5. The van der Waals surface area contributed by atoms with Gasteiger partial charge in [0.05, 0.1) is 5.75 Å². The van der Waals surface area contributed by atoms with Crippen LogP contribution in [0.2, 0.25) is 10.0 Å². The lowest BCUT2D eigenvalue weighted by molar-refractivity contribution is -0.139. The number of carbonyl (C=O) groups is 2. The zero-order valence-electron chi connectivity index (χ0n) is 16.9. The Morgan fingerprint density at radius 1 is 1.14 bits per heavy atom. The van der Waals surface area contributed by atoms with Crippen LogP contribution in [-0.2, 0) is 21.9 Å². The van der Waals surface area contributed by atoms with E-state index in [1.54, 1.807) is 24.1 Å². The van der Waals surface area contributed by atoms with Gasteiger partial charge in [-0.2, -0.15) is 0 Å². The van der Waals surface area contributed by atoms with Crippen LogP contribution in [0, 0.1) is 6.92 Å². The summed E-state index contributed by atoms with van der Waals surface area (Å²) in [7, 11) is 1.59. The largest absolute Gasteiger partial charge is 0.357 e. The first-order valence-corrected chi connectivity index (χ1v) is 11.3. The highest BCUT2D eigenvalue weighted by Gasteiger charge is 2.27. The van der Waals surface area contributed by atoms with Crippen molar-refractivity contribution in [3.05, 3.63) is 69.2 Å². The van der Waals surface area contributed by atoms with E-state index in [-0.39, 0.29) is 17.6 Å². The third kappa shape index (κ3) is 6.95. The van der Waals surface area contributed by atoms with Crippen molar-refractivity contribution in [3.8, 4) is 0 Å². The minimum absolute atomic E-state index is 0.0730. The zero-order chi connectivity index (χ0) is 21.4. The molecule has 2 aromatic carbocycles. The lowest BCUT2D eigenvalue weighted by Gasteiger charge is -2.30. The summed E-state index contributed by atoms with van der Waals surface area (Å²) in [4.78, 5) is 27.1. The molecule has 7 heteroatoms. The number of amides is 2. The number of likely N-dealkylation sites (N-methyl/N-ethyl adjacent to an activating group) is 1. The number of hydrogen-bond acceptors (Lipinski definition) is 3. The van der Waals surface area contributed by atoms with Crippen molar-refractivity contribution in [2.45, 2.75) is 38.6 Å². The van der Waals surface area contributed by atoms with E-state index in [0.29, 0.717) is 28.8 Å². The Morgan fingerprint density at radius 3 is 2.41 bits per heavy atom. The number of thioether (sulfide) groups is 1. The van der Waals surface area contributed by atoms with Crippen molar-refractivity contribution >= 4 is 46.8 Å². The molecule has 0 aliphatic rings. The topological polar surface area (TPSA) is 49.4 Å². The van der Waals surface area contributed by atoms with Gasteiger partial charge in [-0.05, 0) is 36.6 Å². The van der Waals surface area contributed by atoms with Crippen LogP contribution in [0.1, 0.15) is 30.0 Å². The van der Waals surface area contributed by atoms with Gasteiger partial charge in [0.15, 0.2) is 0 Å². The third-order valence-electron chi connectivity index (χ3n) is 4.60. The average Bonchev–Trinajstić information content (AvgIpc) is 2.70. The van der Waals surface area contributed by atoms with Crippen LogP contribution in [0.5, 0.6) is 0 Å². The lowest BCUT2D eigenvalue weighted by Crippen LogP contribution is -2.48. The Balaban J connectivity index is 2.10. The third-order valence-corrected chi connectivity index (χ3v) is 6.16. The van der Waals surface area contributed by atoms with Gasteiger partial charge in [0, 0.05) is 29.4 Å². The second-order valence-corrected chi connectivity index (χ2v) is 8.60. The van der Waals surface area contributed by atoms with Gasteiger partial charge in [0.25, 0.3) is 0 Å². The molecule has 4 nitrogen and oxygen atoms in total. The molecule has 0 saturated carbocycles. The van der Waals surface area contributed by atoms with Crippen molar-refractivity contribution in [1.82, 2.24) is 10.2 Å². The van der Waals surface area contributed by atoms with Crippen molar-refractivity contribution in [2.24, 2.45) is 0 Å². The molecular formula is C22H26Cl2N2O2S. The summed E-state index contributed by atoms with van der Waals surface area (Å²) in [6, 6.07) is 12.8. The monoisotopic (exact) mass is 452 g/mol. The second-order valence-electron chi connectivity index (χ2n) is 6.77. The molecule has 1 N–H and O–H groups in total. The Bertz CT molecular complexity index is 843. The Kier molecular flexibility index (Phi) is 9.34. The van der Waals surface area contributed by atoms with E-state index in [4.69, 9.17) is 23.2 Å². The standard InChI is InChI=1S/C22H26Cl2N2O2S/c1-4-20(22(28)25-3)26(12-16-7-5-15(2)6-8-16)21(27)14-29-13-17-9-10-18(23)11-19(17)24/h5-11,20H,4,12-14H2,1-3H3,(H,25,28)/t20-/m1/s1. The van der Waals surface area contributed by atoms with Crippen molar-refractivity contribution in [3.63, 3.8) is 0 Å². The molecule has 156 valence electrons. The van der Waals surface area contributed by atoms with E-state index < -0.39 is 6.04 Å². The molecule has 0 fully saturated rings. The van der Waals surface area contributed by atoms with E-state index in [0.717, 1.165) is 16.7 Å². The number of aryl methyl sites for hydroxylation is 1. The summed E-state index contributed by atoms with van der Waals surface area (Å²) in [6.45, 7) is 4.33. The van der Waals surface area contributed by atoms with Crippen LogP contribution < -0.4 is 5.32 Å². The molecule has 0 spiro atoms. The minimum Gasteiger partial charge on any atom is -0.357 e. The fourth-order valence-electron chi connectivity index (χ4n) is 2.95. The predicted octanol–water partition coefficient (Wildman–Crippen LogP) is 5.09. The first-order chi connectivity index (χ1) is 13.8. The van der Waals surface area contributed by atoms with Crippen LogP contribution in [0.25, 0.3) is 0 Å². The van der Waals surface area contributed by atoms with E-state index in [2.05, 4.69) is 5.32 Å². The van der Waals surface area contributed by atoms with Crippen molar-refractivity contribution in [1.29, 1.82) is 0 Å². The molecule has 0 aromatic heterocycles. The first-order valence-electron chi connectivity index (χ1n) is 9.44. The number of halogens is 2. The Hall–Kier alpha value is -1.69. The van der Waals surface area contributed by atoms with E-state index in [1.165, 1.54) is 11.8 Å². The fraction of sp³-hybridized carbons (Fsp3) is 0.364. The quantitative estimate of drug-likeness (QED) is 0.576. The molecular weight excluding hydrogens is 427 g/mol. The van der Waals surface area contributed by atoms with E-state index in [9.17, 15) is 9.59 Å². The summed E-state index contributed by atoms with van der Waals surface area (Å²) in [5.41, 5.74) is 3.08. The molecule has 0 unspecified atom stereocenters. The molecule has 0 radical (unpaired) electrons. The van der Waals surface area contributed by atoms with Gasteiger partial charge in [0.1, 0.15) is 6.04 Å². The van der Waals surface area contributed by atoms with Gasteiger partial charge in [-0.25, -0.2) is 0 Å². The molecule has 0 aliphatic heterocycles. The van der Waals surface area contributed by atoms with Crippen LogP contribution in [-0.4, -0.2) is 35.6 Å². The number of carbonyl (C=O) groups excluding carboxylic acids is 2. The average molecular weight is 453 g/mol. The van der Waals surface area contributed by atoms with Crippen molar-refractivity contribution < 1.29 is 9.59 Å². The maximum Gasteiger partial charge on any atom is 0.242 e. The normalized spacial score (nSPS) is 11.8. The molecule has 0 aliphatic carbocycles. The molecule has 0 heterocycles. The molecule has 29 heavy (non-hydrogen) atoms. The molecule has 1 atom stereocenters. The molecule has 0 bridgehead atoms. The number of hydrogen-bond donors (Lipinski definition) is 1.